The Morgan fingerprint density at radius 2 is 0.977 bits per heavy atom. The summed E-state index contributed by atoms with van der Waals surface area (Å²) in [5.41, 5.74) is 12.3. The number of benzene rings is 10. The zero-order valence-corrected chi connectivity index (χ0v) is 51.3. The van der Waals surface area contributed by atoms with Gasteiger partial charge in [-0.25, -0.2) is 0 Å². The lowest BCUT2D eigenvalue weighted by atomic mass is 9.99. The largest absolute Gasteiger partial charge is 0.491 e. The number of rotatable bonds is 18. The minimum absolute atomic E-state index is 0.201. The van der Waals surface area contributed by atoms with Crippen molar-refractivity contribution in [2.24, 2.45) is 20.5 Å². The molecule has 0 saturated heterocycles. The average molecular weight is 1220 g/mol. The molecule has 0 aliphatic rings. The van der Waals surface area contributed by atoms with Crippen molar-refractivity contribution < 1.29 is 19.1 Å². The first kappa shape index (κ1) is 57.7. The number of carbonyl (C=O) groups is 1. The van der Waals surface area contributed by atoms with Crippen LogP contribution in [0.2, 0.25) is 20.1 Å². The van der Waals surface area contributed by atoms with E-state index in [0.717, 1.165) is 105 Å². The van der Waals surface area contributed by atoms with E-state index >= 15 is 0 Å². The van der Waals surface area contributed by atoms with Gasteiger partial charge in [0.2, 0.25) is 0 Å². The van der Waals surface area contributed by atoms with E-state index in [9.17, 15) is 4.79 Å². The third-order valence-electron chi connectivity index (χ3n) is 15.5. The molecule has 2 heterocycles. The molecule has 12 aromatic rings. The second-order valence-electron chi connectivity index (χ2n) is 20.9. The molecule has 86 heavy (non-hydrogen) atoms. The molecule has 0 bridgehead atoms. The van der Waals surface area contributed by atoms with Crippen LogP contribution in [0.4, 0.5) is 45.5 Å². The normalized spacial score (nSPS) is 11.9. The van der Waals surface area contributed by atoms with Crippen LogP contribution in [0.1, 0.15) is 54.7 Å². The van der Waals surface area contributed by atoms with Crippen molar-refractivity contribution in [1.82, 2.24) is 9.97 Å². The Balaban J connectivity index is 0.865. The number of nitrogens with one attached hydrogen (secondary N) is 2. The van der Waals surface area contributed by atoms with Crippen LogP contribution in [0.25, 0.3) is 65.2 Å². The summed E-state index contributed by atoms with van der Waals surface area (Å²) in [5.74, 6) is 0.653. The second-order valence-corrected chi connectivity index (χ2v) is 22.6. The predicted octanol–water partition coefficient (Wildman–Crippen LogP) is 21.5. The highest BCUT2D eigenvalue weighted by Crippen LogP contribution is 2.48. The molecule has 0 atom stereocenters. The molecule has 1 amide bonds. The van der Waals surface area contributed by atoms with Gasteiger partial charge in [0.25, 0.3) is 5.91 Å². The number of hydroxylamine groups is 1. The van der Waals surface area contributed by atoms with Gasteiger partial charge in [0.1, 0.15) is 18.0 Å². The third-order valence-corrected chi connectivity index (χ3v) is 16.5. The van der Waals surface area contributed by atoms with Crippen molar-refractivity contribution in [2.75, 3.05) is 48.2 Å². The minimum Gasteiger partial charge on any atom is -0.491 e. The molecule has 13 nitrogen and oxygen atoms in total. The van der Waals surface area contributed by atoms with Gasteiger partial charge in [-0.15, -0.1) is 10.2 Å². The number of hydrogen-bond acceptors (Lipinski definition) is 10. The van der Waals surface area contributed by atoms with Crippen LogP contribution in [0, 0.1) is 13.8 Å². The van der Waals surface area contributed by atoms with Crippen LogP contribution in [-0.4, -0.2) is 49.2 Å². The number of fused-ring (bicyclic) bond motifs is 10. The van der Waals surface area contributed by atoms with Crippen LogP contribution in [0.3, 0.4) is 0 Å². The molecule has 0 radical (unpaired) electrons. The molecule has 12 rings (SSSR count). The number of azo groups is 2. The lowest BCUT2D eigenvalue weighted by Gasteiger charge is -2.25. The molecular formula is C69H59Cl4N9O4. The van der Waals surface area contributed by atoms with E-state index in [1.807, 2.05) is 187 Å². The summed E-state index contributed by atoms with van der Waals surface area (Å²) in [6.45, 7) is 13.7. The molecule has 0 fully saturated rings. The highest BCUT2D eigenvalue weighted by molar-refractivity contribution is 6.33. The molecule has 17 heteroatoms. The molecule has 2 N–H and O–H groups in total. The molecular weight excluding hydrogens is 1160 g/mol. The van der Waals surface area contributed by atoms with Gasteiger partial charge in [-0.3, -0.25) is 14.7 Å². The Morgan fingerprint density at radius 1 is 0.500 bits per heavy atom. The third kappa shape index (κ3) is 11.0. The molecule has 10 aromatic carbocycles. The van der Waals surface area contributed by atoms with Gasteiger partial charge in [0, 0.05) is 106 Å². The van der Waals surface area contributed by atoms with Crippen LogP contribution in [0.15, 0.2) is 178 Å². The van der Waals surface area contributed by atoms with E-state index in [1.165, 1.54) is 0 Å². The number of halogens is 4. The fourth-order valence-corrected chi connectivity index (χ4v) is 12.2. The lowest BCUT2D eigenvalue weighted by Crippen LogP contribution is -2.31. The SMILES string of the molecule is CCOc1c(CON(CC)c2ccc(Cl)cc2C)cc2ccc3c4cc(Cl)ccc4[nH]c3c2c1N=Nc1ccc(N(C)c2ccc(N=Nc3c(OCC)c(C(=O)N(CC)c4ccc(Cl)cc4C)cc4ccc5c6cc(Cl)ccc6[nH]c5c34)cc2)cc1. The number of nitrogens with zero attached hydrogens (tertiary/aromatic N) is 7. The first-order valence-electron chi connectivity index (χ1n) is 28.4. The quantitative estimate of drug-likeness (QED) is 0.0649. The van der Waals surface area contributed by atoms with Gasteiger partial charge in [0.05, 0.1) is 46.9 Å². The molecule has 0 aliphatic carbocycles. The van der Waals surface area contributed by atoms with Crippen molar-refractivity contribution in [3.05, 3.63) is 200 Å². The first-order chi connectivity index (χ1) is 41.7. The zero-order chi connectivity index (χ0) is 59.9. The maximum Gasteiger partial charge on any atom is 0.262 e. The van der Waals surface area contributed by atoms with Crippen LogP contribution in [0.5, 0.6) is 11.5 Å². The van der Waals surface area contributed by atoms with E-state index < -0.39 is 0 Å². The molecule has 0 saturated carbocycles. The second kappa shape index (κ2) is 24.4. The number of aromatic amines is 2. The highest BCUT2D eigenvalue weighted by Gasteiger charge is 2.28. The van der Waals surface area contributed by atoms with Gasteiger partial charge in [-0.2, -0.15) is 10.2 Å². The van der Waals surface area contributed by atoms with Crippen molar-refractivity contribution in [3.63, 3.8) is 0 Å². The summed E-state index contributed by atoms with van der Waals surface area (Å²) < 4.78 is 13.0. The Kier molecular flexibility index (Phi) is 16.3. The standard InChI is InChI=1S/C69H59Cl4N9O4/c1-8-81(59-30-16-44(70)32-39(59)5)69(83)56-35-42-13-27-53-55-37-47(73)15-29-58(55)75-64(53)62(42)66(68(56)85-11-4)79-77-49-20-24-51(25-21-49)80(7)50-22-18-48(19-23-50)76-78-65-61-41(12-26-52-54-36-46(72)14-28-57(54)74-63(52)61)34-43(67(65)84-10-3)38-86-82(9-2)60-31-17-45(71)33-40(60)6/h12-37,74-75H,8-11,38H2,1-7H3. The number of H-pyrrole nitrogens is 2. The van der Waals surface area contributed by atoms with E-state index in [1.54, 1.807) is 11.0 Å². The van der Waals surface area contributed by atoms with E-state index in [4.69, 9.17) is 81.2 Å². The maximum absolute atomic E-state index is 14.9. The summed E-state index contributed by atoms with van der Waals surface area (Å²) in [5, 5.41) is 31.4. The van der Waals surface area contributed by atoms with Crippen LogP contribution in [-0.2, 0) is 11.4 Å². The number of carbonyl (C=O) groups excluding carboxylic acids is 1. The van der Waals surface area contributed by atoms with Crippen molar-refractivity contribution >= 4 is 163 Å². The highest BCUT2D eigenvalue weighted by atomic mass is 35.5. The van der Waals surface area contributed by atoms with Gasteiger partial charge in [-0.05, 0) is 197 Å². The van der Waals surface area contributed by atoms with E-state index in [2.05, 4.69) is 33.1 Å². The van der Waals surface area contributed by atoms with Gasteiger partial charge >= 0.3 is 0 Å². The Morgan fingerprint density at radius 3 is 1.48 bits per heavy atom. The maximum atomic E-state index is 14.9. The fraction of sp³-hybridized carbons (Fsp3) is 0.174. The number of aryl methyl sites for hydroxylation is 2. The summed E-state index contributed by atoms with van der Waals surface area (Å²) in [6.07, 6.45) is 0. The molecule has 0 unspecified atom stereocenters. The monoisotopic (exact) mass is 1220 g/mol. The number of amides is 1. The van der Waals surface area contributed by atoms with Crippen molar-refractivity contribution in [1.29, 1.82) is 0 Å². The van der Waals surface area contributed by atoms with Gasteiger partial charge < -0.3 is 29.2 Å². The molecule has 2 aromatic heterocycles. The average Bonchev–Trinajstić information content (AvgIpc) is 3.22. The minimum atomic E-state index is -0.244. The summed E-state index contributed by atoms with van der Waals surface area (Å²) in [4.78, 5) is 32.5. The number of aromatic nitrogens is 2. The number of anilines is 4. The van der Waals surface area contributed by atoms with Gasteiger partial charge in [-0.1, -0.05) is 70.7 Å². The van der Waals surface area contributed by atoms with Crippen molar-refractivity contribution in [2.45, 2.75) is 48.1 Å². The summed E-state index contributed by atoms with van der Waals surface area (Å²) in [7, 11) is 2.00. The Labute approximate surface area is 517 Å². The number of ether oxygens (including phenoxy) is 2. The van der Waals surface area contributed by atoms with Crippen LogP contribution >= 0.6 is 46.4 Å². The van der Waals surface area contributed by atoms with Gasteiger partial charge in [0.15, 0.2) is 11.5 Å². The molecule has 0 aliphatic heterocycles. The summed E-state index contributed by atoms with van der Waals surface area (Å²) in [6, 6.07) is 50.8. The van der Waals surface area contributed by atoms with Crippen LogP contribution < -0.4 is 24.3 Å². The smallest absolute Gasteiger partial charge is 0.262 e. The summed E-state index contributed by atoms with van der Waals surface area (Å²) >= 11 is 25.8. The van der Waals surface area contributed by atoms with E-state index in [-0.39, 0.29) is 19.1 Å². The molecule has 0 spiro atoms. The Hall–Kier alpha value is -8.69. The zero-order valence-electron chi connectivity index (χ0n) is 48.3. The van der Waals surface area contributed by atoms with Crippen molar-refractivity contribution in [3.8, 4) is 11.5 Å². The fourth-order valence-electron chi connectivity index (χ4n) is 11.4. The number of hydrogen-bond donors (Lipinski definition) is 2. The lowest BCUT2D eigenvalue weighted by molar-refractivity contribution is 0.0951. The predicted molar refractivity (Wildman–Crippen MR) is 356 cm³/mol. The first-order valence-corrected chi connectivity index (χ1v) is 29.9. The molecule has 432 valence electrons. The van der Waals surface area contributed by atoms with E-state index in [0.29, 0.717) is 79.6 Å². The topological polar surface area (TPSA) is 136 Å². The Bertz CT molecular complexity index is 4680.